The molecule has 0 N–H and O–H groups in total. The predicted molar refractivity (Wildman–Crippen MR) is 162 cm³/mol. The van der Waals surface area contributed by atoms with Crippen LogP contribution in [0.3, 0.4) is 0 Å². The van der Waals surface area contributed by atoms with E-state index >= 15 is 0 Å². The molecule has 222 valence electrons. The van der Waals surface area contributed by atoms with Gasteiger partial charge >= 0.3 is 29.6 Å². The van der Waals surface area contributed by atoms with Crippen LogP contribution in [0, 0.1) is 0 Å². The van der Waals surface area contributed by atoms with Crippen molar-refractivity contribution in [1.29, 1.82) is 0 Å². The van der Waals surface area contributed by atoms with Gasteiger partial charge in [0.05, 0.1) is 0 Å². The van der Waals surface area contributed by atoms with Crippen LogP contribution < -0.4 is 34.7 Å². The number of hydrogen-bond donors (Lipinski definition) is 0. The molecular formula is C34H68NNaO2. The summed E-state index contributed by atoms with van der Waals surface area (Å²) in [6.45, 7) is 8.19. The van der Waals surface area contributed by atoms with E-state index in [4.69, 9.17) is 0 Å². The Morgan fingerprint density at radius 3 is 0.921 bits per heavy atom. The van der Waals surface area contributed by atoms with Gasteiger partial charge in [-0.1, -0.05) is 162 Å². The summed E-state index contributed by atoms with van der Waals surface area (Å²) in [5, 5.41) is 10.7. The number of carboxylic acid groups (broad SMARTS) is 1. The molecule has 0 aromatic rings. The second-order valence-corrected chi connectivity index (χ2v) is 11.8. The fourth-order valence-corrected chi connectivity index (χ4v) is 5.47. The number of unbranched alkanes of at least 4 members (excludes halogenated alkanes) is 24. The van der Waals surface area contributed by atoms with E-state index in [1.807, 2.05) is 0 Å². The molecule has 0 unspecified atom stereocenters. The standard InChI is InChI=1S/C34H69NO2.Na/c1-3-5-7-9-11-13-15-17-19-21-23-27-31-35(33-29-25-26-30-34(36)37)32-28-24-22-20-18-16-14-12-10-8-6-4-2;/h3-33H2,1-2H3,(H,36,37);/q;+1/p-1. The van der Waals surface area contributed by atoms with Gasteiger partial charge in [-0.3, -0.25) is 0 Å². The molecule has 0 saturated carbocycles. The van der Waals surface area contributed by atoms with Gasteiger partial charge in [0.2, 0.25) is 0 Å². The minimum Gasteiger partial charge on any atom is -0.550 e. The molecule has 0 aliphatic carbocycles. The van der Waals surface area contributed by atoms with Gasteiger partial charge in [-0.25, -0.2) is 0 Å². The Balaban J connectivity index is 0. The molecule has 0 saturated heterocycles. The summed E-state index contributed by atoms with van der Waals surface area (Å²) in [6.07, 6.45) is 36.9. The van der Waals surface area contributed by atoms with Gasteiger partial charge < -0.3 is 14.8 Å². The first kappa shape index (κ1) is 40.6. The van der Waals surface area contributed by atoms with Crippen LogP contribution >= 0.6 is 0 Å². The molecule has 0 radical (unpaired) electrons. The van der Waals surface area contributed by atoms with Crippen LogP contribution in [0.4, 0.5) is 0 Å². The monoisotopic (exact) mass is 546 g/mol. The number of carbonyl (C=O) groups excluding carboxylic acids is 1. The molecule has 4 heteroatoms. The quantitative estimate of drug-likeness (QED) is 0.0675. The summed E-state index contributed by atoms with van der Waals surface area (Å²) in [5.41, 5.74) is 0. The fourth-order valence-electron chi connectivity index (χ4n) is 5.47. The van der Waals surface area contributed by atoms with Crippen molar-refractivity contribution in [3.05, 3.63) is 0 Å². The summed E-state index contributed by atoms with van der Waals surface area (Å²) >= 11 is 0. The van der Waals surface area contributed by atoms with E-state index in [0.717, 1.165) is 25.8 Å². The molecule has 0 aromatic carbocycles. The van der Waals surface area contributed by atoms with Crippen LogP contribution in [-0.4, -0.2) is 30.5 Å². The van der Waals surface area contributed by atoms with E-state index in [1.165, 1.54) is 167 Å². The zero-order chi connectivity index (χ0) is 27.1. The molecule has 0 spiro atoms. The smallest absolute Gasteiger partial charge is 0.550 e. The molecular weight excluding hydrogens is 477 g/mol. The molecule has 38 heavy (non-hydrogen) atoms. The van der Waals surface area contributed by atoms with Crippen LogP contribution in [0.5, 0.6) is 0 Å². The minimum atomic E-state index is -0.898. The van der Waals surface area contributed by atoms with Crippen LogP contribution in [0.1, 0.15) is 194 Å². The zero-order valence-electron chi connectivity index (χ0n) is 26.7. The normalized spacial score (nSPS) is 11.2. The maximum atomic E-state index is 10.7. The third-order valence-corrected chi connectivity index (χ3v) is 8.01. The Morgan fingerprint density at radius 2 is 0.658 bits per heavy atom. The van der Waals surface area contributed by atoms with Crippen molar-refractivity contribution in [2.45, 2.75) is 194 Å². The van der Waals surface area contributed by atoms with Crippen LogP contribution in [-0.2, 0) is 4.79 Å². The average molecular weight is 546 g/mol. The number of aliphatic carboxylic acids is 1. The summed E-state index contributed by atoms with van der Waals surface area (Å²) in [7, 11) is 0. The average Bonchev–Trinajstić information content (AvgIpc) is 2.89. The Bertz CT molecular complexity index is 418. The third kappa shape index (κ3) is 34.5. The molecule has 0 atom stereocenters. The van der Waals surface area contributed by atoms with Crippen molar-refractivity contribution >= 4 is 5.97 Å². The van der Waals surface area contributed by atoms with Crippen LogP contribution in [0.25, 0.3) is 0 Å². The molecule has 0 bridgehead atoms. The second-order valence-electron chi connectivity index (χ2n) is 11.8. The summed E-state index contributed by atoms with van der Waals surface area (Å²) in [6, 6.07) is 0. The molecule has 0 heterocycles. The van der Waals surface area contributed by atoms with Crippen molar-refractivity contribution in [2.75, 3.05) is 19.6 Å². The number of nitrogens with zero attached hydrogens (tertiary/aromatic N) is 1. The van der Waals surface area contributed by atoms with Crippen molar-refractivity contribution in [3.8, 4) is 0 Å². The van der Waals surface area contributed by atoms with Gasteiger partial charge in [-0.2, -0.15) is 0 Å². The van der Waals surface area contributed by atoms with Crippen molar-refractivity contribution in [1.82, 2.24) is 4.90 Å². The van der Waals surface area contributed by atoms with Crippen molar-refractivity contribution in [3.63, 3.8) is 0 Å². The Labute approximate surface area is 262 Å². The van der Waals surface area contributed by atoms with E-state index in [1.54, 1.807) is 0 Å². The molecule has 0 aromatic heterocycles. The predicted octanol–water partition coefficient (Wildman–Crippen LogP) is 7.00. The number of rotatable bonds is 32. The summed E-state index contributed by atoms with van der Waals surface area (Å²) in [5.74, 6) is -0.898. The molecule has 0 aliphatic rings. The van der Waals surface area contributed by atoms with E-state index < -0.39 is 5.97 Å². The first-order valence-corrected chi connectivity index (χ1v) is 17.1. The van der Waals surface area contributed by atoms with Crippen LogP contribution in [0.15, 0.2) is 0 Å². The van der Waals surface area contributed by atoms with Gasteiger partial charge in [-0.15, -0.1) is 0 Å². The largest absolute Gasteiger partial charge is 1.00 e. The summed E-state index contributed by atoms with van der Waals surface area (Å²) < 4.78 is 0. The number of carbonyl (C=O) groups is 1. The van der Waals surface area contributed by atoms with Crippen LogP contribution in [0.2, 0.25) is 0 Å². The Hall–Kier alpha value is 0.430. The minimum absolute atomic E-state index is 0. The maximum Gasteiger partial charge on any atom is 1.00 e. The molecule has 0 aliphatic heterocycles. The maximum absolute atomic E-state index is 10.7. The topological polar surface area (TPSA) is 43.4 Å². The molecule has 0 amide bonds. The van der Waals surface area contributed by atoms with Crippen molar-refractivity contribution in [2.24, 2.45) is 0 Å². The number of hydrogen-bond acceptors (Lipinski definition) is 3. The van der Waals surface area contributed by atoms with Crippen molar-refractivity contribution < 1.29 is 39.5 Å². The van der Waals surface area contributed by atoms with Gasteiger partial charge in [0, 0.05) is 5.97 Å². The Morgan fingerprint density at radius 1 is 0.421 bits per heavy atom. The number of carboxylic acids is 1. The van der Waals surface area contributed by atoms with E-state index in [9.17, 15) is 9.90 Å². The second kappa shape index (κ2) is 35.5. The van der Waals surface area contributed by atoms with Gasteiger partial charge in [-0.05, 0) is 51.7 Å². The molecule has 0 rings (SSSR count). The van der Waals surface area contributed by atoms with Gasteiger partial charge in [0.25, 0.3) is 0 Å². The van der Waals surface area contributed by atoms with E-state index in [0.29, 0.717) is 0 Å². The summed E-state index contributed by atoms with van der Waals surface area (Å²) in [4.78, 5) is 13.3. The Kier molecular flexibility index (Phi) is 37.9. The van der Waals surface area contributed by atoms with E-state index in [2.05, 4.69) is 18.7 Å². The van der Waals surface area contributed by atoms with Gasteiger partial charge in [0.15, 0.2) is 0 Å². The molecule has 0 fully saturated rings. The van der Waals surface area contributed by atoms with Gasteiger partial charge in [0.1, 0.15) is 0 Å². The first-order valence-electron chi connectivity index (χ1n) is 17.1. The van der Waals surface area contributed by atoms with E-state index in [-0.39, 0.29) is 36.0 Å². The third-order valence-electron chi connectivity index (χ3n) is 8.01. The zero-order valence-corrected chi connectivity index (χ0v) is 28.7. The first-order chi connectivity index (χ1) is 18.2. The fraction of sp³-hybridized carbons (Fsp3) is 0.971. The SMILES string of the molecule is CCCCCCCCCCCCCCN(CCCCCCCCCCCCCC)CCCCCC(=O)[O-].[Na+]. The molecule has 3 nitrogen and oxygen atoms in total.